The molecular weight excluding hydrogens is 256 g/mol. The topological polar surface area (TPSA) is 96.2 Å². The Morgan fingerprint density at radius 3 is 2.75 bits per heavy atom. The molecule has 2 amide bonds. The molecule has 0 radical (unpaired) electrons. The summed E-state index contributed by atoms with van der Waals surface area (Å²) in [6.07, 6.45) is 2.03. The van der Waals surface area contributed by atoms with Gasteiger partial charge in [-0.15, -0.1) is 0 Å². The lowest BCUT2D eigenvalue weighted by atomic mass is 9.83. The number of rotatable bonds is 2. The Hall–Kier alpha value is -1.92. The molecule has 1 aromatic rings. The van der Waals surface area contributed by atoms with Crippen LogP contribution in [-0.2, 0) is 9.59 Å². The largest absolute Gasteiger partial charge is 0.325 e. The number of hydrogen-bond donors (Lipinski definition) is 4. The minimum Gasteiger partial charge on any atom is -0.325 e. The molecule has 0 aliphatic carbocycles. The number of fused-ring (bicyclic) bond motifs is 1. The quantitative estimate of drug-likeness (QED) is 0.268. The van der Waals surface area contributed by atoms with E-state index in [2.05, 4.69) is 16.1 Å². The zero-order valence-corrected chi connectivity index (χ0v) is 11.1. The van der Waals surface area contributed by atoms with Crippen LogP contribution < -0.4 is 21.9 Å². The first-order chi connectivity index (χ1) is 9.72. The molecule has 1 saturated heterocycles. The highest BCUT2D eigenvalue weighted by atomic mass is 16.2. The maximum absolute atomic E-state index is 12.0. The SMILES string of the molecule is NNC(=O)C1C(=O)Nc2cccc(C3CCNCC3)c21. The van der Waals surface area contributed by atoms with Gasteiger partial charge in [0, 0.05) is 11.3 Å². The third kappa shape index (κ3) is 2.07. The van der Waals surface area contributed by atoms with Gasteiger partial charge in [0.25, 0.3) is 5.91 Å². The number of piperidine rings is 1. The fourth-order valence-corrected chi connectivity index (χ4v) is 3.17. The van der Waals surface area contributed by atoms with Crippen molar-refractivity contribution in [2.45, 2.75) is 24.7 Å². The highest BCUT2D eigenvalue weighted by Gasteiger charge is 2.39. The Bertz CT molecular complexity index is 544. The second kappa shape index (κ2) is 5.22. The average Bonchev–Trinajstić information content (AvgIpc) is 2.83. The monoisotopic (exact) mass is 274 g/mol. The highest BCUT2D eigenvalue weighted by Crippen LogP contribution is 2.40. The van der Waals surface area contributed by atoms with Crippen LogP contribution in [0.2, 0.25) is 0 Å². The van der Waals surface area contributed by atoms with E-state index in [9.17, 15) is 9.59 Å². The average molecular weight is 274 g/mol. The van der Waals surface area contributed by atoms with E-state index in [0.29, 0.717) is 5.92 Å². The van der Waals surface area contributed by atoms with Crippen LogP contribution >= 0.6 is 0 Å². The zero-order chi connectivity index (χ0) is 14.1. The summed E-state index contributed by atoms with van der Waals surface area (Å²) in [6.45, 7) is 1.92. The van der Waals surface area contributed by atoms with E-state index in [1.165, 1.54) is 0 Å². The van der Waals surface area contributed by atoms with E-state index < -0.39 is 11.8 Å². The molecule has 2 aliphatic rings. The second-order valence-corrected chi connectivity index (χ2v) is 5.26. The summed E-state index contributed by atoms with van der Waals surface area (Å²) in [7, 11) is 0. The number of carbonyl (C=O) groups is 2. The third-order valence-electron chi connectivity index (χ3n) is 4.13. The fourth-order valence-electron chi connectivity index (χ4n) is 3.17. The van der Waals surface area contributed by atoms with Crippen LogP contribution in [-0.4, -0.2) is 24.9 Å². The summed E-state index contributed by atoms with van der Waals surface area (Å²) in [5.74, 6) is 4.00. The summed E-state index contributed by atoms with van der Waals surface area (Å²) in [5.41, 5.74) is 4.72. The van der Waals surface area contributed by atoms with E-state index in [0.717, 1.165) is 42.7 Å². The molecule has 1 fully saturated rings. The first kappa shape index (κ1) is 13.1. The molecular formula is C14H18N4O2. The molecule has 0 bridgehead atoms. The number of hydrogen-bond acceptors (Lipinski definition) is 4. The van der Waals surface area contributed by atoms with Gasteiger partial charge < -0.3 is 10.6 Å². The molecule has 106 valence electrons. The van der Waals surface area contributed by atoms with Gasteiger partial charge in [-0.05, 0) is 43.5 Å². The van der Waals surface area contributed by atoms with Gasteiger partial charge >= 0.3 is 0 Å². The molecule has 6 heteroatoms. The van der Waals surface area contributed by atoms with Crippen LogP contribution in [0, 0.1) is 0 Å². The summed E-state index contributed by atoms with van der Waals surface area (Å²) in [4.78, 5) is 23.9. The number of hydrazine groups is 1. The maximum atomic E-state index is 12.0. The van der Waals surface area contributed by atoms with Crippen molar-refractivity contribution in [3.05, 3.63) is 29.3 Å². The Morgan fingerprint density at radius 2 is 2.05 bits per heavy atom. The molecule has 5 N–H and O–H groups in total. The van der Waals surface area contributed by atoms with Crippen molar-refractivity contribution < 1.29 is 9.59 Å². The van der Waals surface area contributed by atoms with Crippen molar-refractivity contribution >= 4 is 17.5 Å². The fraction of sp³-hybridized carbons (Fsp3) is 0.429. The Morgan fingerprint density at radius 1 is 1.30 bits per heavy atom. The predicted octanol–water partition coefficient (Wildman–Crippen LogP) is 0.179. The molecule has 1 aromatic carbocycles. The van der Waals surface area contributed by atoms with Gasteiger partial charge in [0.2, 0.25) is 5.91 Å². The molecule has 0 aromatic heterocycles. The van der Waals surface area contributed by atoms with Gasteiger partial charge in [-0.3, -0.25) is 15.0 Å². The van der Waals surface area contributed by atoms with Gasteiger partial charge in [-0.25, -0.2) is 5.84 Å². The molecule has 0 saturated carbocycles. The Labute approximate surface area is 117 Å². The lowest BCUT2D eigenvalue weighted by Gasteiger charge is -2.25. The normalized spacial score (nSPS) is 22.2. The van der Waals surface area contributed by atoms with Crippen LogP contribution in [0.1, 0.15) is 35.8 Å². The molecule has 1 unspecified atom stereocenters. The van der Waals surface area contributed by atoms with E-state index >= 15 is 0 Å². The first-order valence-electron chi connectivity index (χ1n) is 6.87. The standard InChI is InChI=1S/C14H18N4O2/c15-18-14(20)12-11-9(8-4-6-16-7-5-8)2-1-3-10(11)17-13(12)19/h1-3,8,12,16H,4-7,15H2,(H,17,19)(H,18,20). The van der Waals surface area contributed by atoms with Crippen molar-refractivity contribution in [1.82, 2.24) is 10.7 Å². The number of amides is 2. The molecule has 2 aliphatic heterocycles. The van der Waals surface area contributed by atoms with Crippen LogP contribution in [0.5, 0.6) is 0 Å². The lowest BCUT2D eigenvalue weighted by molar-refractivity contribution is -0.128. The zero-order valence-electron chi connectivity index (χ0n) is 11.1. The highest BCUT2D eigenvalue weighted by molar-refractivity contribution is 6.16. The van der Waals surface area contributed by atoms with Crippen molar-refractivity contribution in [1.29, 1.82) is 0 Å². The van der Waals surface area contributed by atoms with Gasteiger partial charge in [0.15, 0.2) is 0 Å². The smallest absolute Gasteiger partial charge is 0.251 e. The van der Waals surface area contributed by atoms with E-state index in [1.54, 1.807) is 0 Å². The molecule has 6 nitrogen and oxygen atoms in total. The summed E-state index contributed by atoms with van der Waals surface area (Å²) >= 11 is 0. The van der Waals surface area contributed by atoms with E-state index in [-0.39, 0.29) is 5.91 Å². The summed E-state index contributed by atoms with van der Waals surface area (Å²) in [6, 6.07) is 5.78. The first-order valence-corrected chi connectivity index (χ1v) is 6.87. The predicted molar refractivity (Wildman–Crippen MR) is 75.0 cm³/mol. The van der Waals surface area contributed by atoms with Crippen LogP contribution in [0.25, 0.3) is 0 Å². The van der Waals surface area contributed by atoms with Gasteiger partial charge in [-0.1, -0.05) is 12.1 Å². The lowest BCUT2D eigenvalue weighted by Crippen LogP contribution is -2.38. The van der Waals surface area contributed by atoms with Crippen molar-refractivity contribution in [2.24, 2.45) is 5.84 Å². The van der Waals surface area contributed by atoms with Gasteiger partial charge in [-0.2, -0.15) is 0 Å². The molecule has 20 heavy (non-hydrogen) atoms. The minimum absolute atomic E-state index is 0.302. The molecule has 1 atom stereocenters. The van der Waals surface area contributed by atoms with Crippen molar-refractivity contribution in [3.8, 4) is 0 Å². The van der Waals surface area contributed by atoms with Crippen molar-refractivity contribution in [3.63, 3.8) is 0 Å². The summed E-state index contributed by atoms with van der Waals surface area (Å²) in [5, 5.41) is 6.10. The van der Waals surface area contributed by atoms with Crippen LogP contribution in [0.3, 0.4) is 0 Å². The van der Waals surface area contributed by atoms with E-state index in [1.807, 2.05) is 18.2 Å². The maximum Gasteiger partial charge on any atom is 0.251 e. The van der Waals surface area contributed by atoms with Gasteiger partial charge in [0.05, 0.1) is 0 Å². The number of nitrogens with one attached hydrogen (secondary N) is 3. The number of anilines is 1. The molecule has 3 rings (SSSR count). The molecule has 2 heterocycles. The summed E-state index contributed by atoms with van der Waals surface area (Å²) < 4.78 is 0. The van der Waals surface area contributed by atoms with Crippen molar-refractivity contribution in [2.75, 3.05) is 18.4 Å². The van der Waals surface area contributed by atoms with E-state index in [4.69, 9.17) is 5.84 Å². The number of nitrogens with two attached hydrogens (primary N) is 1. The second-order valence-electron chi connectivity index (χ2n) is 5.26. The van der Waals surface area contributed by atoms with Gasteiger partial charge in [0.1, 0.15) is 5.92 Å². The van der Waals surface area contributed by atoms with Crippen LogP contribution in [0.4, 0.5) is 5.69 Å². The third-order valence-corrected chi connectivity index (χ3v) is 4.13. The number of benzene rings is 1. The van der Waals surface area contributed by atoms with Crippen LogP contribution in [0.15, 0.2) is 18.2 Å². The Kier molecular flexibility index (Phi) is 3.42. The number of carbonyl (C=O) groups excluding carboxylic acids is 2. The minimum atomic E-state index is -0.832. The molecule has 0 spiro atoms. The Balaban J connectivity index is 2.03.